The summed E-state index contributed by atoms with van der Waals surface area (Å²) >= 11 is 0. The number of carbonyl (C=O) groups excluding carboxylic acids is 1. The van der Waals surface area contributed by atoms with Gasteiger partial charge in [0.2, 0.25) is 5.96 Å². The monoisotopic (exact) mass is 407 g/mol. The molecule has 5 N–H and O–H groups in total. The van der Waals surface area contributed by atoms with Crippen LogP contribution in [-0.4, -0.2) is 42.9 Å². The van der Waals surface area contributed by atoms with E-state index in [1.807, 2.05) is 0 Å². The van der Waals surface area contributed by atoms with Crippen LogP contribution in [0.3, 0.4) is 0 Å². The van der Waals surface area contributed by atoms with Gasteiger partial charge in [-0.2, -0.15) is 5.48 Å². The van der Waals surface area contributed by atoms with Gasteiger partial charge in [-0.1, -0.05) is 18.2 Å². The SMILES string of the molecule is C[C@H](O)C(O)c1ccc(ONC(=N)NC(=O)c2cccc(S(C)(=O)=O)c2)cc1. The third-order valence-electron chi connectivity index (χ3n) is 3.71. The van der Waals surface area contributed by atoms with Gasteiger partial charge < -0.3 is 15.1 Å². The number of hydroxylamine groups is 1. The van der Waals surface area contributed by atoms with Crippen molar-refractivity contribution in [2.24, 2.45) is 0 Å². The first-order valence-electron chi connectivity index (χ1n) is 8.17. The highest BCUT2D eigenvalue weighted by Crippen LogP contribution is 2.19. The van der Waals surface area contributed by atoms with E-state index in [0.29, 0.717) is 11.3 Å². The van der Waals surface area contributed by atoms with Gasteiger partial charge in [0.15, 0.2) is 15.6 Å². The molecule has 0 aromatic heterocycles. The van der Waals surface area contributed by atoms with E-state index in [9.17, 15) is 23.4 Å². The summed E-state index contributed by atoms with van der Waals surface area (Å²) < 4.78 is 23.1. The fourth-order valence-corrected chi connectivity index (χ4v) is 2.87. The van der Waals surface area contributed by atoms with Crippen LogP contribution in [0.15, 0.2) is 53.4 Å². The molecule has 0 aliphatic carbocycles. The fraction of sp³-hybridized carbons (Fsp3) is 0.222. The van der Waals surface area contributed by atoms with Crippen molar-refractivity contribution in [1.29, 1.82) is 5.41 Å². The highest BCUT2D eigenvalue weighted by Gasteiger charge is 2.14. The van der Waals surface area contributed by atoms with Crippen LogP contribution in [0.4, 0.5) is 0 Å². The average Bonchev–Trinajstić information content (AvgIpc) is 2.65. The standard InChI is InChI=1S/C18H21N3O6S/c1-11(22)16(23)12-6-8-14(9-7-12)27-21-18(19)20-17(24)13-4-3-5-15(10-13)28(2,25)26/h3-11,16,22-23H,1-2H3,(H3,19,20,21,24)/t11-,16?/m0/s1. The van der Waals surface area contributed by atoms with Crippen molar-refractivity contribution < 1.29 is 28.3 Å². The summed E-state index contributed by atoms with van der Waals surface area (Å²) in [5.41, 5.74) is 2.81. The Hall–Kier alpha value is -2.95. The number of aliphatic hydroxyl groups is 2. The topological polar surface area (TPSA) is 149 Å². The maximum atomic E-state index is 12.1. The predicted octanol–water partition coefficient (Wildman–Crippen LogP) is 0.752. The minimum atomic E-state index is -3.46. The van der Waals surface area contributed by atoms with Gasteiger partial charge in [0.1, 0.15) is 6.10 Å². The normalized spacial score (nSPS) is 13.3. The van der Waals surface area contributed by atoms with Crippen molar-refractivity contribution in [3.63, 3.8) is 0 Å². The fourth-order valence-electron chi connectivity index (χ4n) is 2.20. The number of nitrogens with one attached hydrogen (secondary N) is 3. The lowest BCUT2D eigenvalue weighted by atomic mass is 10.1. The largest absolute Gasteiger partial charge is 0.390 e. The first-order valence-corrected chi connectivity index (χ1v) is 10.1. The Morgan fingerprint density at radius 3 is 2.36 bits per heavy atom. The van der Waals surface area contributed by atoms with E-state index in [4.69, 9.17) is 10.2 Å². The number of guanidine groups is 1. The van der Waals surface area contributed by atoms with Crippen LogP contribution >= 0.6 is 0 Å². The maximum Gasteiger partial charge on any atom is 0.258 e. The molecule has 2 aromatic rings. The molecule has 10 heteroatoms. The number of benzene rings is 2. The van der Waals surface area contributed by atoms with Gasteiger partial charge in [-0.3, -0.25) is 15.5 Å². The highest BCUT2D eigenvalue weighted by molar-refractivity contribution is 7.90. The molecule has 0 saturated heterocycles. The zero-order valence-corrected chi connectivity index (χ0v) is 16.0. The summed E-state index contributed by atoms with van der Waals surface area (Å²) in [4.78, 5) is 17.3. The lowest BCUT2D eigenvalue weighted by Crippen LogP contribution is -2.41. The number of sulfone groups is 1. The molecule has 2 aromatic carbocycles. The van der Waals surface area contributed by atoms with E-state index in [0.717, 1.165) is 6.26 Å². The molecule has 9 nitrogen and oxygen atoms in total. The zero-order valence-electron chi connectivity index (χ0n) is 15.2. The van der Waals surface area contributed by atoms with E-state index in [2.05, 4.69) is 10.8 Å². The first-order chi connectivity index (χ1) is 13.1. The maximum absolute atomic E-state index is 12.1. The zero-order chi connectivity index (χ0) is 20.9. The van der Waals surface area contributed by atoms with Crippen LogP contribution < -0.4 is 15.6 Å². The van der Waals surface area contributed by atoms with Crippen LogP contribution in [0.25, 0.3) is 0 Å². The average molecular weight is 407 g/mol. The molecule has 0 spiro atoms. The smallest absolute Gasteiger partial charge is 0.258 e. The van der Waals surface area contributed by atoms with Gasteiger partial charge in [-0.15, -0.1) is 0 Å². The van der Waals surface area contributed by atoms with E-state index >= 15 is 0 Å². The molecule has 0 fully saturated rings. The molecule has 0 aliphatic rings. The number of hydrogen-bond donors (Lipinski definition) is 5. The van der Waals surface area contributed by atoms with Crippen molar-refractivity contribution >= 4 is 21.7 Å². The molecule has 0 saturated carbocycles. The third kappa shape index (κ3) is 5.78. The van der Waals surface area contributed by atoms with E-state index in [1.54, 1.807) is 12.1 Å². The Morgan fingerprint density at radius 2 is 1.79 bits per heavy atom. The second kappa shape index (κ2) is 8.83. The van der Waals surface area contributed by atoms with Crippen molar-refractivity contribution in [2.75, 3.05) is 6.26 Å². The minimum Gasteiger partial charge on any atom is -0.390 e. The van der Waals surface area contributed by atoms with E-state index < -0.39 is 33.9 Å². The molecule has 0 radical (unpaired) electrons. The Kier molecular flexibility index (Phi) is 6.73. The number of carbonyl (C=O) groups is 1. The second-order valence-electron chi connectivity index (χ2n) is 6.09. The van der Waals surface area contributed by atoms with Crippen LogP contribution in [0.2, 0.25) is 0 Å². The molecule has 28 heavy (non-hydrogen) atoms. The molecule has 2 atom stereocenters. The summed E-state index contributed by atoms with van der Waals surface area (Å²) in [6, 6.07) is 11.6. The Labute approximate surface area is 162 Å². The van der Waals surface area contributed by atoms with Gasteiger partial charge in [0.05, 0.1) is 11.0 Å². The molecule has 0 heterocycles. The van der Waals surface area contributed by atoms with Crippen molar-refractivity contribution in [3.05, 3.63) is 59.7 Å². The van der Waals surface area contributed by atoms with Crippen molar-refractivity contribution in [2.45, 2.75) is 24.0 Å². The van der Waals surface area contributed by atoms with Gasteiger partial charge >= 0.3 is 0 Å². The molecule has 150 valence electrons. The Bertz CT molecular complexity index is 958. The number of hydrogen-bond acceptors (Lipinski definition) is 7. The second-order valence-corrected chi connectivity index (χ2v) is 8.10. The van der Waals surface area contributed by atoms with E-state index in [1.165, 1.54) is 43.3 Å². The van der Waals surface area contributed by atoms with Crippen LogP contribution in [0.1, 0.15) is 28.9 Å². The van der Waals surface area contributed by atoms with E-state index in [-0.39, 0.29) is 10.5 Å². The lowest BCUT2D eigenvalue weighted by molar-refractivity contribution is 0.0305. The summed E-state index contributed by atoms with van der Waals surface area (Å²) in [6.07, 6.45) is -0.913. The Morgan fingerprint density at radius 1 is 1.14 bits per heavy atom. The van der Waals surface area contributed by atoms with Crippen LogP contribution in [0, 0.1) is 5.41 Å². The molecular formula is C18H21N3O6S. The molecule has 1 unspecified atom stereocenters. The molecular weight excluding hydrogens is 386 g/mol. The molecule has 0 aliphatic heterocycles. The summed E-state index contributed by atoms with van der Waals surface area (Å²) in [7, 11) is -3.46. The number of rotatable bonds is 6. The minimum absolute atomic E-state index is 0.00429. The van der Waals surface area contributed by atoms with Crippen LogP contribution in [0.5, 0.6) is 5.75 Å². The first kappa shape index (κ1) is 21.4. The lowest BCUT2D eigenvalue weighted by Gasteiger charge is -2.15. The molecule has 0 bridgehead atoms. The molecule has 2 rings (SSSR count). The number of aliphatic hydroxyl groups excluding tert-OH is 2. The van der Waals surface area contributed by atoms with Gasteiger partial charge in [0, 0.05) is 11.8 Å². The van der Waals surface area contributed by atoms with Gasteiger partial charge in [0.25, 0.3) is 5.91 Å². The summed E-state index contributed by atoms with van der Waals surface area (Å²) in [6.45, 7) is 1.46. The number of amides is 1. The summed E-state index contributed by atoms with van der Waals surface area (Å²) in [5.74, 6) is -0.829. The van der Waals surface area contributed by atoms with Crippen molar-refractivity contribution in [1.82, 2.24) is 10.8 Å². The predicted molar refractivity (Wildman–Crippen MR) is 102 cm³/mol. The Balaban J connectivity index is 1.93. The third-order valence-corrected chi connectivity index (χ3v) is 4.82. The highest BCUT2D eigenvalue weighted by atomic mass is 32.2. The quantitative estimate of drug-likeness (QED) is 0.269. The summed E-state index contributed by atoms with van der Waals surface area (Å²) in [5, 5.41) is 29.1. The van der Waals surface area contributed by atoms with Crippen molar-refractivity contribution in [3.8, 4) is 5.75 Å². The van der Waals surface area contributed by atoms with Crippen LogP contribution in [-0.2, 0) is 9.84 Å². The van der Waals surface area contributed by atoms with Gasteiger partial charge in [-0.05, 0) is 42.8 Å². The molecule has 1 amide bonds. The van der Waals surface area contributed by atoms with Gasteiger partial charge in [-0.25, -0.2) is 8.42 Å².